The van der Waals surface area contributed by atoms with E-state index in [0.717, 1.165) is 5.33 Å². The zero-order valence-corrected chi connectivity index (χ0v) is 12.7. The van der Waals surface area contributed by atoms with Gasteiger partial charge < -0.3 is 4.90 Å². The second kappa shape index (κ2) is 5.38. The van der Waals surface area contributed by atoms with Crippen molar-refractivity contribution in [2.45, 2.75) is 31.1 Å². The molecule has 1 nitrogen and oxygen atoms in total. The Morgan fingerprint density at radius 2 is 1.84 bits per heavy atom. The molecule has 1 heterocycles. The van der Waals surface area contributed by atoms with Gasteiger partial charge in [-0.2, -0.15) is 0 Å². The van der Waals surface area contributed by atoms with E-state index in [1.165, 1.54) is 35.3 Å². The van der Waals surface area contributed by atoms with E-state index in [1.807, 2.05) is 0 Å². The van der Waals surface area contributed by atoms with Gasteiger partial charge in [-0.05, 0) is 49.1 Å². The van der Waals surface area contributed by atoms with Crippen LogP contribution < -0.4 is 4.90 Å². The number of hydrogen-bond donors (Lipinski definition) is 0. The molecule has 0 saturated carbocycles. The molecule has 1 unspecified atom stereocenters. The number of fused-ring (bicyclic) bond motifs is 1. The van der Waals surface area contributed by atoms with Gasteiger partial charge in [0.05, 0.1) is 0 Å². The molecule has 0 radical (unpaired) electrons. The molecule has 0 N–H and O–H groups in total. The van der Waals surface area contributed by atoms with Crippen LogP contribution in [0.25, 0.3) is 0 Å². The van der Waals surface area contributed by atoms with Crippen LogP contribution in [0.4, 0.5) is 11.4 Å². The summed E-state index contributed by atoms with van der Waals surface area (Å²) < 4.78 is 0. The standard InChI is InChI=1S/C17H18BrN/c1-13-6-9-15-4-2-3-5-17(15)19(13)16-10-7-14(12-18)8-11-16/h2-5,7-8,10-11,13H,6,9,12H2,1H3. The highest BCUT2D eigenvalue weighted by molar-refractivity contribution is 9.08. The largest absolute Gasteiger partial charge is 0.338 e. The van der Waals surface area contributed by atoms with Crippen LogP contribution in [0.15, 0.2) is 48.5 Å². The summed E-state index contributed by atoms with van der Waals surface area (Å²) in [5, 5.41) is 0.916. The Labute approximate surface area is 123 Å². The van der Waals surface area contributed by atoms with E-state index in [2.05, 4.69) is 76.3 Å². The highest BCUT2D eigenvalue weighted by Gasteiger charge is 2.23. The number of hydrogen-bond acceptors (Lipinski definition) is 1. The van der Waals surface area contributed by atoms with Crippen molar-refractivity contribution < 1.29 is 0 Å². The summed E-state index contributed by atoms with van der Waals surface area (Å²) >= 11 is 3.50. The Balaban J connectivity index is 2.02. The lowest BCUT2D eigenvalue weighted by molar-refractivity contribution is 0.618. The number of halogens is 1. The topological polar surface area (TPSA) is 3.24 Å². The summed E-state index contributed by atoms with van der Waals surface area (Å²) in [6.45, 7) is 2.31. The Morgan fingerprint density at radius 1 is 1.11 bits per heavy atom. The number of alkyl halides is 1. The minimum Gasteiger partial charge on any atom is -0.338 e. The predicted octanol–water partition coefficient (Wildman–Crippen LogP) is 5.05. The van der Waals surface area contributed by atoms with E-state index >= 15 is 0 Å². The molecule has 1 atom stereocenters. The Bertz CT molecular complexity index is 562. The van der Waals surface area contributed by atoms with Crippen LogP contribution in [0.3, 0.4) is 0 Å². The summed E-state index contributed by atoms with van der Waals surface area (Å²) in [4.78, 5) is 2.47. The molecular weight excluding hydrogens is 298 g/mol. The van der Waals surface area contributed by atoms with Crippen LogP contribution in [0.5, 0.6) is 0 Å². The SMILES string of the molecule is CC1CCc2ccccc2N1c1ccc(CBr)cc1. The van der Waals surface area contributed by atoms with Gasteiger partial charge in [-0.15, -0.1) is 0 Å². The summed E-state index contributed by atoms with van der Waals surface area (Å²) in [6, 6.07) is 18.2. The van der Waals surface area contributed by atoms with E-state index in [0.29, 0.717) is 6.04 Å². The second-order valence-electron chi connectivity index (χ2n) is 5.19. The molecule has 2 aromatic carbocycles. The third kappa shape index (κ3) is 2.42. The maximum Gasteiger partial charge on any atom is 0.0445 e. The molecule has 19 heavy (non-hydrogen) atoms. The van der Waals surface area contributed by atoms with Gasteiger partial charge >= 0.3 is 0 Å². The highest BCUT2D eigenvalue weighted by atomic mass is 79.9. The molecule has 0 fully saturated rings. The van der Waals surface area contributed by atoms with Crippen LogP contribution in [0.1, 0.15) is 24.5 Å². The summed E-state index contributed by atoms with van der Waals surface area (Å²) in [6.07, 6.45) is 2.41. The van der Waals surface area contributed by atoms with Crippen molar-refractivity contribution in [2.24, 2.45) is 0 Å². The fourth-order valence-electron chi connectivity index (χ4n) is 2.83. The molecule has 2 aromatic rings. The number of anilines is 2. The lowest BCUT2D eigenvalue weighted by Crippen LogP contribution is -2.33. The first kappa shape index (κ1) is 12.7. The molecule has 0 saturated heterocycles. The lowest BCUT2D eigenvalue weighted by atomic mass is 9.96. The minimum atomic E-state index is 0.560. The van der Waals surface area contributed by atoms with Gasteiger partial charge in [-0.3, -0.25) is 0 Å². The molecule has 98 valence electrons. The number of aryl methyl sites for hydroxylation is 1. The average molecular weight is 316 g/mol. The summed E-state index contributed by atoms with van der Waals surface area (Å²) in [5.41, 5.74) is 5.45. The number of benzene rings is 2. The second-order valence-corrected chi connectivity index (χ2v) is 5.75. The number of rotatable bonds is 2. The maximum absolute atomic E-state index is 3.50. The molecule has 0 amide bonds. The first-order valence-corrected chi connectivity index (χ1v) is 7.94. The van der Waals surface area contributed by atoms with Crippen LogP contribution in [-0.4, -0.2) is 6.04 Å². The van der Waals surface area contributed by atoms with Crippen molar-refractivity contribution in [3.63, 3.8) is 0 Å². The van der Waals surface area contributed by atoms with Gasteiger partial charge in [-0.1, -0.05) is 46.3 Å². The van der Waals surface area contributed by atoms with Crippen molar-refractivity contribution in [1.29, 1.82) is 0 Å². The molecule has 3 rings (SSSR count). The van der Waals surface area contributed by atoms with Crippen LogP contribution in [-0.2, 0) is 11.8 Å². The number of para-hydroxylation sites is 1. The third-order valence-corrected chi connectivity index (χ3v) is 4.54. The first-order chi connectivity index (χ1) is 9.29. The van der Waals surface area contributed by atoms with Gasteiger partial charge in [0.1, 0.15) is 0 Å². The summed E-state index contributed by atoms with van der Waals surface area (Å²) in [7, 11) is 0. The molecule has 0 aliphatic carbocycles. The van der Waals surface area contributed by atoms with Gasteiger partial charge in [0.2, 0.25) is 0 Å². The fourth-order valence-corrected chi connectivity index (χ4v) is 3.20. The van der Waals surface area contributed by atoms with Gasteiger partial charge in [0, 0.05) is 22.7 Å². The molecule has 0 aromatic heterocycles. The van der Waals surface area contributed by atoms with Gasteiger partial charge in [0.15, 0.2) is 0 Å². The number of nitrogens with zero attached hydrogens (tertiary/aromatic N) is 1. The molecule has 1 aliphatic heterocycles. The Morgan fingerprint density at radius 3 is 2.58 bits per heavy atom. The normalized spacial score (nSPS) is 18.2. The van der Waals surface area contributed by atoms with Crippen molar-refractivity contribution >= 4 is 27.3 Å². The van der Waals surface area contributed by atoms with E-state index in [4.69, 9.17) is 0 Å². The smallest absolute Gasteiger partial charge is 0.0445 e. The van der Waals surface area contributed by atoms with Crippen LogP contribution in [0, 0.1) is 0 Å². The summed E-state index contributed by atoms with van der Waals surface area (Å²) in [5.74, 6) is 0. The quantitative estimate of drug-likeness (QED) is 0.701. The molecule has 2 heteroatoms. The Kier molecular flexibility index (Phi) is 3.61. The molecule has 1 aliphatic rings. The first-order valence-electron chi connectivity index (χ1n) is 6.81. The van der Waals surface area contributed by atoms with Crippen molar-refractivity contribution in [3.8, 4) is 0 Å². The van der Waals surface area contributed by atoms with Crippen molar-refractivity contribution in [3.05, 3.63) is 59.7 Å². The van der Waals surface area contributed by atoms with E-state index < -0.39 is 0 Å². The molecular formula is C17H18BrN. The maximum atomic E-state index is 3.50. The van der Waals surface area contributed by atoms with Gasteiger partial charge in [-0.25, -0.2) is 0 Å². The monoisotopic (exact) mass is 315 g/mol. The van der Waals surface area contributed by atoms with Crippen LogP contribution in [0.2, 0.25) is 0 Å². The lowest BCUT2D eigenvalue weighted by Gasteiger charge is -2.37. The zero-order valence-electron chi connectivity index (χ0n) is 11.1. The highest BCUT2D eigenvalue weighted by Crippen LogP contribution is 2.36. The minimum absolute atomic E-state index is 0.560. The van der Waals surface area contributed by atoms with Crippen molar-refractivity contribution in [2.75, 3.05) is 4.90 Å². The van der Waals surface area contributed by atoms with Gasteiger partial charge in [0.25, 0.3) is 0 Å². The van der Waals surface area contributed by atoms with Crippen molar-refractivity contribution in [1.82, 2.24) is 0 Å². The van der Waals surface area contributed by atoms with E-state index in [9.17, 15) is 0 Å². The Hall–Kier alpha value is -1.28. The average Bonchev–Trinajstić information content (AvgIpc) is 2.47. The third-order valence-electron chi connectivity index (χ3n) is 3.89. The zero-order chi connectivity index (χ0) is 13.2. The van der Waals surface area contributed by atoms with E-state index in [1.54, 1.807) is 0 Å². The molecule has 0 spiro atoms. The fraction of sp³-hybridized carbons (Fsp3) is 0.294. The van der Waals surface area contributed by atoms with E-state index in [-0.39, 0.29) is 0 Å². The molecule has 0 bridgehead atoms. The van der Waals surface area contributed by atoms with Crippen LogP contribution >= 0.6 is 15.9 Å². The predicted molar refractivity (Wildman–Crippen MR) is 85.4 cm³/mol.